The standard InChI is InChI=1S/C13H19N3O5/c1-8-10(9(2)21-15-8)4-14-12(19)16-6-13(3,7-16)20-5-11(17)18/h4-7H2,1-3H3,(H,14,19)(H,17,18). The first-order valence-corrected chi connectivity index (χ1v) is 6.61. The number of carbonyl (C=O) groups is 2. The van der Waals surface area contributed by atoms with Crippen LogP contribution in [0.5, 0.6) is 0 Å². The molecule has 1 aliphatic heterocycles. The number of carboxylic acids is 1. The lowest BCUT2D eigenvalue weighted by molar-refractivity contribution is -0.159. The molecule has 0 radical (unpaired) electrons. The fourth-order valence-electron chi connectivity index (χ4n) is 2.26. The SMILES string of the molecule is Cc1noc(C)c1CNC(=O)N1CC(C)(OCC(=O)O)C1. The van der Waals surface area contributed by atoms with Crippen molar-refractivity contribution in [2.45, 2.75) is 32.9 Å². The van der Waals surface area contributed by atoms with Gasteiger partial charge < -0.3 is 24.6 Å². The number of nitrogens with zero attached hydrogens (tertiary/aromatic N) is 2. The third kappa shape index (κ3) is 3.52. The molecule has 8 heteroatoms. The number of carbonyl (C=O) groups excluding carboxylic acids is 1. The molecule has 1 fully saturated rings. The molecular formula is C13H19N3O5. The molecule has 2 rings (SSSR count). The molecule has 0 aromatic carbocycles. The number of ether oxygens (including phenoxy) is 1. The van der Waals surface area contributed by atoms with Gasteiger partial charge in [0.25, 0.3) is 0 Å². The van der Waals surface area contributed by atoms with E-state index in [1.165, 1.54) is 0 Å². The molecule has 1 saturated heterocycles. The predicted octanol–water partition coefficient (Wildman–Crippen LogP) is 0.677. The lowest BCUT2D eigenvalue weighted by atomic mass is 9.97. The van der Waals surface area contributed by atoms with E-state index in [0.717, 1.165) is 11.3 Å². The minimum atomic E-state index is -1.02. The summed E-state index contributed by atoms with van der Waals surface area (Å²) in [5.74, 6) is -0.330. The number of amides is 2. The van der Waals surface area contributed by atoms with Crippen molar-refractivity contribution < 1.29 is 24.0 Å². The molecule has 0 atom stereocenters. The lowest BCUT2D eigenvalue weighted by Crippen LogP contribution is -2.65. The molecule has 1 aromatic rings. The van der Waals surface area contributed by atoms with Crippen molar-refractivity contribution in [1.82, 2.24) is 15.4 Å². The number of aromatic nitrogens is 1. The quantitative estimate of drug-likeness (QED) is 0.828. The van der Waals surface area contributed by atoms with Crippen molar-refractivity contribution in [3.63, 3.8) is 0 Å². The Morgan fingerprint density at radius 2 is 2.14 bits per heavy atom. The lowest BCUT2D eigenvalue weighted by Gasteiger charge is -2.46. The maximum atomic E-state index is 12.0. The smallest absolute Gasteiger partial charge is 0.329 e. The van der Waals surface area contributed by atoms with Gasteiger partial charge in [0.05, 0.1) is 18.8 Å². The second-order valence-electron chi connectivity index (χ2n) is 5.45. The van der Waals surface area contributed by atoms with Gasteiger partial charge in [-0.25, -0.2) is 9.59 Å². The highest BCUT2D eigenvalue weighted by Crippen LogP contribution is 2.24. The van der Waals surface area contributed by atoms with E-state index in [2.05, 4.69) is 10.5 Å². The molecule has 0 aliphatic carbocycles. The number of hydrogen-bond acceptors (Lipinski definition) is 5. The van der Waals surface area contributed by atoms with Crippen LogP contribution in [0, 0.1) is 13.8 Å². The van der Waals surface area contributed by atoms with Crippen molar-refractivity contribution in [2.75, 3.05) is 19.7 Å². The average Bonchev–Trinajstić information content (AvgIpc) is 2.70. The Morgan fingerprint density at radius 1 is 1.48 bits per heavy atom. The summed E-state index contributed by atoms with van der Waals surface area (Å²) < 4.78 is 10.3. The number of carboxylic acid groups (broad SMARTS) is 1. The van der Waals surface area contributed by atoms with E-state index >= 15 is 0 Å². The van der Waals surface area contributed by atoms with E-state index in [1.54, 1.807) is 18.7 Å². The van der Waals surface area contributed by atoms with Crippen LogP contribution in [0.2, 0.25) is 0 Å². The molecule has 2 heterocycles. The zero-order valence-corrected chi connectivity index (χ0v) is 12.3. The van der Waals surface area contributed by atoms with Crippen LogP contribution in [0.15, 0.2) is 4.52 Å². The Hall–Kier alpha value is -2.09. The van der Waals surface area contributed by atoms with Crippen LogP contribution < -0.4 is 5.32 Å². The molecule has 2 N–H and O–H groups in total. The Bertz CT molecular complexity index is 529. The fraction of sp³-hybridized carbons (Fsp3) is 0.615. The Balaban J connectivity index is 1.78. The highest BCUT2D eigenvalue weighted by Gasteiger charge is 2.42. The highest BCUT2D eigenvalue weighted by molar-refractivity contribution is 5.75. The van der Waals surface area contributed by atoms with Crippen LogP contribution in [-0.4, -0.2) is 52.5 Å². The summed E-state index contributed by atoms with van der Waals surface area (Å²) in [5.41, 5.74) is 1.04. The molecule has 1 aliphatic rings. The minimum absolute atomic E-state index is 0.216. The van der Waals surface area contributed by atoms with Gasteiger partial charge in [-0.2, -0.15) is 0 Å². The van der Waals surface area contributed by atoms with E-state index in [-0.39, 0.29) is 12.6 Å². The van der Waals surface area contributed by atoms with Gasteiger partial charge in [-0.15, -0.1) is 0 Å². The van der Waals surface area contributed by atoms with Crippen molar-refractivity contribution in [3.8, 4) is 0 Å². The topological polar surface area (TPSA) is 105 Å². The first kappa shape index (κ1) is 15.3. The predicted molar refractivity (Wildman–Crippen MR) is 71.8 cm³/mol. The summed E-state index contributed by atoms with van der Waals surface area (Å²) in [6, 6.07) is -0.216. The number of likely N-dealkylation sites (tertiary alicyclic amines) is 1. The van der Waals surface area contributed by atoms with Crippen LogP contribution in [0.4, 0.5) is 4.79 Å². The molecule has 0 saturated carbocycles. The summed E-state index contributed by atoms with van der Waals surface area (Å²) in [6.07, 6.45) is 0. The number of rotatable bonds is 5. The molecule has 21 heavy (non-hydrogen) atoms. The molecule has 116 valence electrons. The zero-order valence-electron chi connectivity index (χ0n) is 12.3. The van der Waals surface area contributed by atoms with Gasteiger partial charge >= 0.3 is 12.0 Å². The second-order valence-corrected chi connectivity index (χ2v) is 5.45. The molecular weight excluding hydrogens is 278 g/mol. The largest absolute Gasteiger partial charge is 0.480 e. The first-order chi connectivity index (χ1) is 9.81. The van der Waals surface area contributed by atoms with E-state index in [9.17, 15) is 9.59 Å². The van der Waals surface area contributed by atoms with E-state index in [4.69, 9.17) is 14.4 Å². The van der Waals surface area contributed by atoms with Gasteiger partial charge in [0, 0.05) is 12.1 Å². The van der Waals surface area contributed by atoms with Crippen LogP contribution >= 0.6 is 0 Å². The van der Waals surface area contributed by atoms with Gasteiger partial charge in [0.1, 0.15) is 18.0 Å². The third-order valence-corrected chi connectivity index (χ3v) is 3.48. The summed E-state index contributed by atoms with van der Waals surface area (Å²) >= 11 is 0. The second kappa shape index (κ2) is 5.72. The zero-order chi connectivity index (χ0) is 15.6. The van der Waals surface area contributed by atoms with Crippen LogP contribution in [-0.2, 0) is 16.1 Å². The van der Waals surface area contributed by atoms with E-state index in [0.29, 0.717) is 25.4 Å². The molecule has 8 nitrogen and oxygen atoms in total. The molecule has 2 amide bonds. The highest BCUT2D eigenvalue weighted by atomic mass is 16.5. The number of aliphatic carboxylic acids is 1. The van der Waals surface area contributed by atoms with Crippen LogP contribution in [0.3, 0.4) is 0 Å². The average molecular weight is 297 g/mol. The van der Waals surface area contributed by atoms with Crippen molar-refractivity contribution in [1.29, 1.82) is 0 Å². The van der Waals surface area contributed by atoms with Crippen LogP contribution in [0.25, 0.3) is 0 Å². The van der Waals surface area contributed by atoms with Crippen molar-refractivity contribution in [2.24, 2.45) is 0 Å². The number of aryl methyl sites for hydroxylation is 2. The minimum Gasteiger partial charge on any atom is -0.480 e. The fourth-order valence-corrected chi connectivity index (χ4v) is 2.26. The molecule has 1 aromatic heterocycles. The van der Waals surface area contributed by atoms with Gasteiger partial charge in [0.15, 0.2) is 0 Å². The summed E-state index contributed by atoms with van der Waals surface area (Å²) in [5, 5.41) is 15.2. The first-order valence-electron chi connectivity index (χ1n) is 6.61. The Morgan fingerprint density at radius 3 is 2.67 bits per heavy atom. The maximum absolute atomic E-state index is 12.0. The molecule has 0 spiro atoms. The van der Waals surface area contributed by atoms with Crippen molar-refractivity contribution >= 4 is 12.0 Å². The van der Waals surface area contributed by atoms with E-state index < -0.39 is 11.6 Å². The number of nitrogens with one attached hydrogen (secondary N) is 1. The monoisotopic (exact) mass is 297 g/mol. The van der Waals surface area contributed by atoms with Gasteiger partial charge in [-0.3, -0.25) is 0 Å². The Labute approximate surface area is 122 Å². The van der Waals surface area contributed by atoms with E-state index in [1.807, 2.05) is 6.92 Å². The van der Waals surface area contributed by atoms with Gasteiger partial charge in [0.2, 0.25) is 0 Å². The maximum Gasteiger partial charge on any atom is 0.329 e. The summed E-state index contributed by atoms with van der Waals surface area (Å²) in [6.45, 7) is 6.13. The van der Waals surface area contributed by atoms with Crippen molar-refractivity contribution in [3.05, 3.63) is 17.0 Å². The van der Waals surface area contributed by atoms with Crippen LogP contribution in [0.1, 0.15) is 23.9 Å². The normalized spacial score (nSPS) is 16.4. The van der Waals surface area contributed by atoms with Gasteiger partial charge in [-0.05, 0) is 20.8 Å². The summed E-state index contributed by atoms with van der Waals surface area (Å²) in [4.78, 5) is 24.0. The molecule has 0 bridgehead atoms. The third-order valence-electron chi connectivity index (χ3n) is 3.48. The van der Waals surface area contributed by atoms with Gasteiger partial charge in [-0.1, -0.05) is 5.16 Å². The molecule has 0 unspecified atom stereocenters. The Kier molecular flexibility index (Phi) is 4.17. The summed E-state index contributed by atoms with van der Waals surface area (Å²) in [7, 11) is 0. The number of urea groups is 1. The number of hydrogen-bond donors (Lipinski definition) is 2.